The number of hydrogen-bond acceptors (Lipinski definition) is 6. The molecule has 0 heterocycles. The van der Waals surface area contributed by atoms with Gasteiger partial charge in [0.2, 0.25) is 0 Å². The molecule has 0 aromatic heterocycles. The van der Waals surface area contributed by atoms with Crippen molar-refractivity contribution in [1.82, 2.24) is 5.43 Å². The van der Waals surface area contributed by atoms with Crippen LogP contribution in [0.4, 0.5) is 0 Å². The molecule has 182 valence electrons. The number of hydrogen-bond donors (Lipinski definition) is 1. The number of amides is 1. The predicted octanol–water partition coefficient (Wildman–Crippen LogP) is 5.64. The van der Waals surface area contributed by atoms with Crippen LogP contribution in [0, 0.1) is 0 Å². The minimum atomic E-state index is -0.757. The zero-order valence-electron chi connectivity index (χ0n) is 19.6. The van der Waals surface area contributed by atoms with Crippen molar-refractivity contribution in [3.8, 4) is 17.2 Å². The van der Waals surface area contributed by atoms with Gasteiger partial charge in [0.1, 0.15) is 5.75 Å². The lowest BCUT2D eigenvalue weighted by atomic mass is 10.1. The highest BCUT2D eigenvalue weighted by atomic mass is 35.5. The van der Waals surface area contributed by atoms with Crippen molar-refractivity contribution < 1.29 is 23.8 Å². The van der Waals surface area contributed by atoms with Crippen molar-refractivity contribution in [3.63, 3.8) is 0 Å². The van der Waals surface area contributed by atoms with E-state index in [2.05, 4.69) is 10.5 Å². The molecular weight excluding hydrogens is 480 g/mol. The molecule has 36 heavy (non-hydrogen) atoms. The topological polar surface area (TPSA) is 86.2 Å². The van der Waals surface area contributed by atoms with Crippen molar-refractivity contribution in [1.29, 1.82) is 0 Å². The lowest BCUT2D eigenvalue weighted by Crippen LogP contribution is -2.33. The third-order valence-electron chi connectivity index (χ3n) is 5.26. The Morgan fingerprint density at radius 1 is 0.917 bits per heavy atom. The Balaban J connectivity index is 1.35. The fourth-order valence-corrected chi connectivity index (χ4v) is 3.48. The average Bonchev–Trinajstić information content (AvgIpc) is 2.89. The van der Waals surface area contributed by atoms with E-state index in [0.29, 0.717) is 27.6 Å². The van der Waals surface area contributed by atoms with Gasteiger partial charge in [-0.05, 0) is 77.9 Å². The number of benzene rings is 4. The molecule has 8 heteroatoms. The normalized spacial score (nSPS) is 11.8. The molecule has 0 saturated heterocycles. The van der Waals surface area contributed by atoms with E-state index in [1.807, 2.05) is 42.5 Å². The van der Waals surface area contributed by atoms with Crippen molar-refractivity contribution >= 4 is 40.5 Å². The maximum Gasteiger partial charge on any atom is 0.343 e. The van der Waals surface area contributed by atoms with E-state index in [0.717, 1.165) is 10.8 Å². The third kappa shape index (κ3) is 6.20. The highest BCUT2D eigenvalue weighted by Crippen LogP contribution is 2.28. The summed E-state index contributed by atoms with van der Waals surface area (Å²) >= 11 is 5.86. The van der Waals surface area contributed by atoms with Crippen LogP contribution in [0.3, 0.4) is 0 Å². The van der Waals surface area contributed by atoms with Crippen LogP contribution in [0.25, 0.3) is 10.8 Å². The molecule has 1 atom stereocenters. The zero-order valence-corrected chi connectivity index (χ0v) is 20.4. The van der Waals surface area contributed by atoms with Crippen LogP contribution in [0.15, 0.2) is 90.0 Å². The molecule has 7 nitrogen and oxygen atoms in total. The summed E-state index contributed by atoms with van der Waals surface area (Å²) in [5, 5.41) is 6.63. The molecule has 4 aromatic carbocycles. The first-order valence-corrected chi connectivity index (χ1v) is 11.4. The maximum absolute atomic E-state index is 12.4. The summed E-state index contributed by atoms with van der Waals surface area (Å²) in [6.07, 6.45) is 0.695. The third-order valence-corrected chi connectivity index (χ3v) is 5.51. The van der Waals surface area contributed by atoms with Crippen molar-refractivity contribution in [2.75, 3.05) is 7.11 Å². The second-order valence-corrected chi connectivity index (χ2v) is 8.25. The molecular formula is C28H23ClN2O5. The number of carbonyl (C=O) groups excluding carboxylic acids is 2. The van der Waals surface area contributed by atoms with Gasteiger partial charge in [-0.15, -0.1) is 0 Å². The van der Waals surface area contributed by atoms with E-state index in [1.54, 1.807) is 49.4 Å². The van der Waals surface area contributed by atoms with Gasteiger partial charge in [-0.3, -0.25) is 4.79 Å². The van der Waals surface area contributed by atoms with Crippen LogP contribution < -0.4 is 19.6 Å². The summed E-state index contributed by atoms with van der Waals surface area (Å²) in [7, 11) is 1.46. The van der Waals surface area contributed by atoms with E-state index in [1.165, 1.54) is 13.3 Å². The molecule has 1 unspecified atom stereocenters. The number of esters is 1. The van der Waals surface area contributed by atoms with Gasteiger partial charge in [0, 0.05) is 5.02 Å². The smallest absolute Gasteiger partial charge is 0.343 e. The maximum atomic E-state index is 12.4. The quantitative estimate of drug-likeness (QED) is 0.146. The molecule has 4 rings (SSSR count). The highest BCUT2D eigenvalue weighted by Gasteiger charge is 2.15. The number of ether oxygens (including phenoxy) is 3. The molecule has 0 saturated carbocycles. The average molecular weight is 503 g/mol. The van der Waals surface area contributed by atoms with E-state index in [9.17, 15) is 9.59 Å². The Morgan fingerprint density at radius 3 is 2.42 bits per heavy atom. The summed E-state index contributed by atoms with van der Waals surface area (Å²) < 4.78 is 16.5. The van der Waals surface area contributed by atoms with E-state index < -0.39 is 18.0 Å². The lowest BCUT2D eigenvalue weighted by Gasteiger charge is -2.13. The van der Waals surface area contributed by atoms with Crippen LogP contribution in [-0.4, -0.2) is 31.3 Å². The van der Waals surface area contributed by atoms with Crippen molar-refractivity contribution in [3.05, 3.63) is 101 Å². The van der Waals surface area contributed by atoms with Gasteiger partial charge >= 0.3 is 5.97 Å². The second kappa shape index (κ2) is 11.4. The van der Waals surface area contributed by atoms with E-state index in [-0.39, 0.29) is 5.75 Å². The molecule has 0 aliphatic rings. The van der Waals surface area contributed by atoms with Gasteiger partial charge in [0.05, 0.1) is 18.9 Å². The molecule has 1 amide bonds. The van der Waals surface area contributed by atoms with Crippen LogP contribution in [0.5, 0.6) is 17.2 Å². The number of fused-ring (bicyclic) bond motifs is 1. The minimum Gasteiger partial charge on any atom is -0.493 e. The molecule has 0 aliphatic heterocycles. The first kappa shape index (κ1) is 24.8. The Kier molecular flexibility index (Phi) is 7.82. The van der Waals surface area contributed by atoms with Crippen molar-refractivity contribution in [2.45, 2.75) is 13.0 Å². The molecule has 0 radical (unpaired) electrons. The molecule has 0 fully saturated rings. The Labute approximate surface area is 213 Å². The number of halogens is 1. The second-order valence-electron chi connectivity index (χ2n) is 7.81. The van der Waals surface area contributed by atoms with Crippen LogP contribution in [0.2, 0.25) is 5.02 Å². The van der Waals surface area contributed by atoms with E-state index >= 15 is 0 Å². The Morgan fingerprint density at radius 2 is 1.67 bits per heavy atom. The molecule has 0 spiro atoms. The SMILES string of the molecule is COc1cc(/C=N/NC(=O)C(C)Oc2ccc3ccccc3c2)ccc1OC(=O)c1ccc(Cl)cc1. The summed E-state index contributed by atoms with van der Waals surface area (Å²) in [5.74, 6) is 0.226. The van der Waals surface area contributed by atoms with Crippen LogP contribution in [0.1, 0.15) is 22.8 Å². The highest BCUT2D eigenvalue weighted by molar-refractivity contribution is 6.30. The van der Waals surface area contributed by atoms with Gasteiger partial charge in [0.25, 0.3) is 5.91 Å². The summed E-state index contributed by atoms with van der Waals surface area (Å²) in [6, 6.07) is 24.8. The van der Waals surface area contributed by atoms with E-state index in [4.69, 9.17) is 25.8 Å². The number of nitrogens with one attached hydrogen (secondary N) is 1. The monoisotopic (exact) mass is 502 g/mol. The minimum absolute atomic E-state index is 0.246. The first-order chi connectivity index (χ1) is 17.4. The van der Waals surface area contributed by atoms with Crippen LogP contribution in [-0.2, 0) is 4.79 Å². The van der Waals surface area contributed by atoms with Gasteiger partial charge < -0.3 is 14.2 Å². The Bertz CT molecular complexity index is 1420. The number of carbonyl (C=O) groups is 2. The van der Waals surface area contributed by atoms with Crippen molar-refractivity contribution in [2.24, 2.45) is 5.10 Å². The standard InChI is InChI=1S/C28H23ClN2O5/c1-18(35-24-13-10-20-5-3-4-6-22(20)16-24)27(32)31-30-17-19-7-14-25(26(15-19)34-2)36-28(33)21-8-11-23(29)12-9-21/h3-18H,1-2H3,(H,31,32)/b30-17+. The lowest BCUT2D eigenvalue weighted by molar-refractivity contribution is -0.127. The van der Waals surface area contributed by atoms with Gasteiger partial charge in [0.15, 0.2) is 17.6 Å². The number of nitrogens with zero attached hydrogens (tertiary/aromatic N) is 1. The van der Waals surface area contributed by atoms with Gasteiger partial charge in [-0.1, -0.05) is 41.9 Å². The summed E-state index contributed by atoms with van der Waals surface area (Å²) in [5.41, 5.74) is 3.45. The molecule has 1 N–H and O–H groups in total. The summed E-state index contributed by atoms with van der Waals surface area (Å²) in [4.78, 5) is 24.8. The molecule has 0 bridgehead atoms. The predicted molar refractivity (Wildman–Crippen MR) is 139 cm³/mol. The van der Waals surface area contributed by atoms with Gasteiger partial charge in [-0.2, -0.15) is 5.10 Å². The number of rotatable bonds is 8. The Hall–Kier alpha value is -4.36. The first-order valence-electron chi connectivity index (χ1n) is 11.1. The largest absolute Gasteiger partial charge is 0.493 e. The summed E-state index contributed by atoms with van der Waals surface area (Å²) in [6.45, 7) is 1.65. The molecule has 0 aliphatic carbocycles. The van der Waals surface area contributed by atoms with Crippen LogP contribution >= 0.6 is 11.6 Å². The number of hydrazone groups is 1. The molecule has 4 aromatic rings. The number of methoxy groups -OCH3 is 1. The fourth-order valence-electron chi connectivity index (χ4n) is 3.35. The zero-order chi connectivity index (χ0) is 25.5. The van der Waals surface area contributed by atoms with Gasteiger partial charge in [-0.25, -0.2) is 10.2 Å². The fraction of sp³-hybridized carbons (Fsp3) is 0.107.